The predicted octanol–water partition coefficient (Wildman–Crippen LogP) is -2.94. The van der Waals surface area contributed by atoms with Gasteiger partial charge in [0.25, 0.3) is 0 Å². The van der Waals surface area contributed by atoms with E-state index in [0.29, 0.717) is 13.0 Å². The topological polar surface area (TPSA) is 101 Å². The van der Waals surface area contributed by atoms with Gasteiger partial charge in [-0.05, 0) is 32.1 Å². The number of hydrogen-bond acceptors (Lipinski definition) is 7. The molecule has 5 saturated carbocycles. The first-order valence-corrected chi connectivity index (χ1v) is 12.6. The Morgan fingerprint density at radius 2 is 1.79 bits per heavy atom. The Labute approximate surface area is 212 Å². The maximum absolute atomic E-state index is 13.0. The lowest BCUT2D eigenvalue weighted by Gasteiger charge is -2.64. The molecule has 13 atom stereocenters. The maximum Gasteiger partial charge on any atom is 0.195 e. The van der Waals surface area contributed by atoms with Crippen LogP contribution in [0.3, 0.4) is 0 Å². The molecule has 1 aliphatic heterocycles. The van der Waals surface area contributed by atoms with Gasteiger partial charge in [-0.15, -0.1) is 0 Å². The Morgan fingerprint density at radius 1 is 1.06 bits per heavy atom. The van der Waals surface area contributed by atoms with Crippen LogP contribution in [0.4, 0.5) is 0 Å². The van der Waals surface area contributed by atoms with E-state index in [0.717, 1.165) is 19.3 Å². The molecule has 0 aromatic heterocycles. The fraction of sp³-hybridized carbons (Fsp3) is 0.960. The van der Waals surface area contributed by atoms with Crippen LogP contribution in [0.25, 0.3) is 0 Å². The van der Waals surface area contributed by atoms with Crippen molar-refractivity contribution in [3.8, 4) is 0 Å². The van der Waals surface area contributed by atoms with Crippen LogP contribution in [0.15, 0.2) is 0 Å². The lowest BCUT2D eigenvalue weighted by molar-refractivity contribution is -0.622. The van der Waals surface area contributed by atoms with E-state index in [4.69, 9.17) is 18.9 Å². The average Bonchev–Trinajstić information content (AvgIpc) is 3.24. The van der Waals surface area contributed by atoms with E-state index >= 15 is 0 Å². The molecule has 0 unspecified atom stereocenters. The van der Waals surface area contributed by atoms with Crippen LogP contribution in [0.1, 0.15) is 32.6 Å². The van der Waals surface area contributed by atoms with E-state index in [-0.39, 0.29) is 71.6 Å². The second-order valence-electron chi connectivity index (χ2n) is 11.6. The zero-order chi connectivity index (χ0) is 23.6. The van der Waals surface area contributed by atoms with Crippen LogP contribution in [0, 0.1) is 34.5 Å². The molecule has 3 N–H and O–H groups in total. The lowest BCUT2D eigenvalue weighted by Crippen LogP contribution is -3.00. The third-order valence-corrected chi connectivity index (χ3v) is 11.4. The van der Waals surface area contributed by atoms with Crippen molar-refractivity contribution in [1.82, 2.24) is 0 Å². The van der Waals surface area contributed by atoms with E-state index in [1.165, 1.54) is 0 Å². The molecule has 34 heavy (non-hydrogen) atoms. The SMILES string of the molecule is CC[N+]1=C[C@]2(CO)CC[C@H](OC)[C@]34[C@@H]5C[C@H]6[C@H](OC)[C@@H]5[C@](O)(C[C@@H]6OC)[C@@](O)([C@H]13)[C@@H](OC)[C@H]24.[Br-]. The predicted molar refractivity (Wildman–Crippen MR) is 118 cm³/mol. The highest BCUT2D eigenvalue weighted by molar-refractivity contribution is 5.66. The summed E-state index contributed by atoms with van der Waals surface area (Å²) in [5, 5.41) is 36.5. The summed E-state index contributed by atoms with van der Waals surface area (Å²) in [6.07, 6.45) is 3.79. The monoisotopic (exact) mass is 545 g/mol. The number of likely N-dealkylation sites (N-methyl/N-ethyl adjacent to an activating group) is 1. The van der Waals surface area contributed by atoms with Crippen LogP contribution < -0.4 is 17.0 Å². The van der Waals surface area contributed by atoms with Gasteiger partial charge in [-0.1, -0.05) is 0 Å². The maximum atomic E-state index is 13.0. The van der Waals surface area contributed by atoms with Crippen LogP contribution in [-0.2, 0) is 18.9 Å². The zero-order valence-corrected chi connectivity index (χ0v) is 22.4. The zero-order valence-electron chi connectivity index (χ0n) is 20.8. The fourth-order valence-electron chi connectivity index (χ4n) is 10.7. The minimum absolute atomic E-state index is 0. The van der Waals surface area contributed by atoms with Gasteiger partial charge in [0.2, 0.25) is 0 Å². The second kappa shape index (κ2) is 7.93. The Kier molecular flexibility index (Phi) is 5.95. The van der Waals surface area contributed by atoms with Gasteiger partial charge in [0.15, 0.2) is 11.6 Å². The van der Waals surface area contributed by atoms with Crippen molar-refractivity contribution in [1.29, 1.82) is 0 Å². The Bertz CT molecular complexity index is 874. The molecular formula is C25H40BrNO7. The Balaban J connectivity index is 0.00000241. The van der Waals surface area contributed by atoms with Crippen molar-refractivity contribution in [3.63, 3.8) is 0 Å². The van der Waals surface area contributed by atoms with Crippen molar-refractivity contribution in [2.75, 3.05) is 41.6 Å². The van der Waals surface area contributed by atoms with Gasteiger partial charge < -0.3 is 51.2 Å². The first kappa shape index (κ1) is 25.5. The van der Waals surface area contributed by atoms with Crippen molar-refractivity contribution in [2.45, 2.75) is 74.3 Å². The summed E-state index contributed by atoms with van der Waals surface area (Å²) in [6.45, 7) is 2.75. The molecule has 1 heterocycles. The molecule has 7 bridgehead atoms. The van der Waals surface area contributed by atoms with E-state index in [9.17, 15) is 15.3 Å². The minimum atomic E-state index is -1.55. The highest BCUT2D eigenvalue weighted by atomic mass is 79.9. The Hall–Kier alpha value is -0.130. The first-order valence-electron chi connectivity index (χ1n) is 12.6. The molecule has 9 heteroatoms. The summed E-state index contributed by atoms with van der Waals surface area (Å²) in [6, 6.07) is -0.368. The summed E-state index contributed by atoms with van der Waals surface area (Å²) in [4.78, 5) is 0. The molecule has 6 aliphatic rings. The third kappa shape index (κ3) is 2.34. The largest absolute Gasteiger partial charge is 1.00 e. The van der Waals surface area contributed by atoms with Gasteiger partial charge in [0.05, 0.1) is 35.7 Å². The number of hydrogen-bond donors (Lipinski definition) is 3. The molecule has 0 amide bonds. The fourth-order valence-corrected chi connectivity index (χ4v) is 10.7. The molecule has 0 aromatic rings. The van der Waals surface area contributed by atoms with Crippen molar-refractivity contribution in [3.05, 3.63) is 0 Å². The molecule has 5 aliphatic carbocycles. The summed E-state index contributed by atoms with van der Waals surface area (Å²) < 4.78 is 26.7. The Morgan fingerprint density at radius 3 is 2.35 bits per heavy atom. The molecular weight excluding hydrogens is 506 g/mol. The van der Waals surface area contributed by atoms with Crippen molar-refractivity contribution >= 4 is 6.21 Å². The number of halogens is 1. The van der Waals surface area contributed by atoms with E-state index < -0.39 is 28.1 Å². The number of ether oxygens (including phenoxy) is 4. The molecule has 1 spiro atoms. The van der Waals surface area contributed by atoms with Gasteiger partial charge in [-0.2, -0.15) is 0 Å². The molecule has 0 saturated heterocycles. The highest BCUT2D eigenvalue weighted by Crippen LogP contribution is 2.79. The number of aliphatic hydroxyl groups is 3. The number of fused-ring (bicyclic) bond motifs is 2. The summed E-state index contributed by atoms with van der Waals surface area (Å²) in [5.41, 5.74) is -3.99. The highest BCUT2D eigenvalue weighted by Gasteiger charge is 2.94. The number of aliphatic hydroxyl groups excluding tert-OH is 1. The van der Waals surface area contributed by atoms with Gasteiger partial charge >= 0.3 is 0 Å². The summed E-state index contributed by atoms with van der Waals surface area (Å²) in [7, 11) is 6.82. The lowest BCUT2D eigenvalue weighted by atomic mass is 9.43. The quantitative estimate of drug-likeness (QED) is 0.307. The molecule has 5 fully saturated rings. The average molecular weight is 546 g/mol. The normalized spacial score (nSPS) is 58.4. The van der Waals surface area contributed by atoms with Crippen LogP contribution in [-0.4, -0.2) is 109 Å². The smallest absolute Gasteiger partial charge is 0.195 e. The van der Waals surface area contributed by atoms with Crippen LogP contribution in [0.2, 0.25) is 0 Å². The third-order valence-electron chi connectivity index (χ3n) is 11.4. The molecule has 8 nitrogen and oxygen atoms in total. The molecule has 6 rings (SSSR count). The van der Waals surface area contributed by atoms with Crippen LogP contribution in [0.5, 0.6) is 0 Å². The first-order chi connectivity index (χ1) is 15.8. The minimum Gasteiger partial charge on any atom is -1.00 e. The second-order valence-corrected chi connectivity index (χ2v) is 11.6. The summed E-state index contributed by atoms with van der Waals surface area (Å²) >= 11 is 0. The molecule has 0 aromatic carbocycles. The van der Waals surface area contributed by atoms with Crippen molar-refractivity contribution < 1.29 is 55.8 Å². The van der Waals surface area contributed by atoms with Gasteiger partial charge in [0.1, 0.15) is 24.5 Å². The number of nitrogens with zero attached hydrogens (tertiary/aromatic N) is 1. The van der Waals surface area contributed by atoms with Crippen LogP contribution >= 0.6 is 0 Å². The van der Waals surface area contributed by atoms with Crippen molar-refractivity contribution in [2.24, 2.45) is 34.5 Å². The summed E-state index contributed by atoms with van der Waals surface area (Å²) in [5.74, 6) is -0.191. The standard InChI is InChI=1S/C25H40NO7.BrH/c1-6-26-11-22(12-27)8-7-16(31-3)24-14-9-13-15(30-2)10-23(28,17(14)18(13)32-4)25(29,21(24)26)20(33-5)19(22)24;/h11,13-21,27-29H,6-10,12H2,1-5H3;1H/q+1;/p-1/t13-,14-,15+,16+,17-,18+,19-,20+,21-,22+,23-,24+,25+;/m1./s1. The van der Waals surface area contributed by atoms with Gasteiger partial charge in [-0.25, -0.2) is 4.58 Å². The number of rotatable bonds is 6. The van der Waals surface area contributed by atoms with E-state index in [2.05, 4.69) is 17.7 Å². The molecule has 194 valence electrons. The van der Waals surface area contributed by atoms with Gasteiger partial charge in [0, 0.05) is 52.6 Å². The van der Waals surface area contributed by atoms with E-state index in [1.807, 2.05) is 0 Å². The number of methoxy groups -OCH3 is 4. The molecule has 0 radical (unpaired) electrons. The van der Waals surface area contributed by atoms with E-state index in [1.54, 1.807) is 28.4 Å². The van der Waals surface area contributed by atoms with Gasteiger partial charge in [-0.3, -0.25) is 0 Å².